The molecule has 0 saturated carbocycles. The van der Waals surface area contributed by atoms with Gasteiger partial charge >= 0.3 is 0 Å². The van der Waals surface area contributed by atoms with Crippen molar-refractivity contribution >= 4 is 23.1 Å². The van der Waals surface area contributed by atoms with Gasteiger partial charge in [-0.15, -0.1) is 11.3 Å². The fourth-order valence-electron chi connectivity index (χ4n) is 2.84. The lowest BCUT2D eigenvalue weighted by molar-refractivity contribution is 0.639. The smallest absolute Gasteiger partial charge is 0.0671 e. The summed E-state index contributed by atoms with van der Waals surface area (Å²) in [6.07, 6.45) is 1.25. The van der Waals surface area contributed by atoms with Gasteiger partial charge in [-0.25, -0.2) is 0 Å². The number of thiophene rings is 1. The van der Waals surface area contributed by atoms with Crippen LogP contribution in [0.2, 0.25) is 0 Å². The molecule has 0 bridgehead atoms. The number of hydrogen-bond donors (Lipinski definition) is 1. The molecule has 0 spiro atoms. The van der Waals surface area contributed by atoms with E-state index in [1.807, 2.05) is 11.3 Å². The number of benzene rings is 1. The first-order valence-corrected chi connectivity index (χ1v) is 9.66. The summed E-state index contributed by atoms with van der Waals surface area (Å²) in [4.78, 5) is 3.09. The van der Waals surface area contributed by atoms with Crippen LogP contribution in [0.25, 0.3) is 0 Å². The van der Waals surface area contributed by atoms with Crippen molar-refractivity contribution in [3.05, 3.63) is 56.3 Å². The first kappa shape index (κ1) is 15.1. The van der Waals surface area contributed by atoms with E-state index in [-0.39, 0.29) is 0 Å². The number of aryl methyl sites for hydroxylation is 3. The second-order valence-electron chi connectivity index (χ2n) is 5.73. The molecule has 1 unspecified atom stereocenters. The van der Waals surface area contributed by atoms with E-state index >= 15 is 0 Å². The second-order valence-corrected chi connectivity index (χ2v) is 8.01. The minimum absolute atomic E-state index is 0.342. The van der Waals surface area contributed by atoms with Crippen LogP contribution >= 0.6 is 23.1 Å². The van der Waals surface area contributed by atoms with Crippen molar-refractivity contribution in [2.24, 2.45) is 0 Å². The van der Waals surface area contributed by atoms with Gasteiger partial charge in [-0.2, -0.15) is 11.8 Å². The molecule has 0 fully saturated rings. The maximum absolute atomic E-state index is 3.67. The third-order valence-electron chi connectivity index (χ3n) is 4.20. The molecule has 0 saturated heterocycles. The van der Waals surface area contributed by atoms with Crippen molar-refractivity contribution < 1.29 is 0 Å². The Morgan fingerprint density at radius 2 is 2.05 bits per heavy atom. The number of hydrogen-bond acceptors (Lipinski definition) is 3. The van der Waals surface area contributed by atoms with E-state index < -0.39 is 0 Å². The van der Waals surface area contributed by atoms with Crippen LogP contribution in [0.15, 0.2) is 24.3 Å². The van der Waals surface area contributed by atoms with Gasteiger partial charge < -0.3 is 5.32 Å². The number of nitrogens with one attached hydrogen (secondary N) is 1. The fraction of sp³-hybridized carbons (Fsp3) is 0.444. The highest BCUT2D eigenvalue weighted by Gasteiger charge is 2.20. The Bertz CT molecular complexity index is 607. The summed E-state index contributed by atoms with van der Waals surface area (Å²) in [5.41, 5.74) is 5.72. The number of thioether (sulfide) groups is 1. The van der Waals surface area contributed by atoms with Crippen LogP contribution in [0.4, 0.5) is 0 Å². The first-order chi connectivity index (χ1) is 10.2. The molecule has 21 heavy (non-hydrogen) atoms. The topological polar surface area (TPSA) is 12.0 Å². The molecule has 3 rings (SSSR count). The standard InChI is InChI=1S/C18H23NS2/c1-4-19-18(14-6-5-12(2)13(3)9-14)17-10-15-11-20-8-7-16(15)21-17/h5-6,9-10,18-19H,4,7-8,11H2,1-3H3. The minimum Gasteiger partial charge on any atom is -0.306 e. The van der Waals surface area contributed by atoms with Gasteiger partial charge in [-0.05, 0) is 60.9 Å². The summed E-state index contributed by atoms with van der Waals surface area (Å²) in [6.45, 7) is 7.58. The van der Waals surface area contributed by atoms with Crippen molar-refractivity contribution in [1.29, 1.82) is 0 Å². The summed E-state index contributed by atoms with van der Waals surface area (Å²) in [5.74, 6) is 2.47. The SMILES string of the molecule is CCNC(c1ccc(C)c(C)c1)c1cc2c(s1)CCSC2. The highest BCUT2D eigenvalue weighted by atomic mass is 32.2. The van der Waals surface area contributed by atoms with Crippen LogP contribution in [-0.4, -0.2) is 12.3 Å². The second kappa shape index (κ2) is 6.55. The molecule has 1 aliphatic heterocycles. The lowest BCUT2D eigenvalue weighted by atomic mass is 9.99. The van der Waals surface area contributed by atoms with Crippen LogP contribution in [-0.2, 0) is 12.2 Å². The lowest BCUT2D eigenvalue weighted by Crippen LogP contribution is -2.21. The predicted octanol–water partition coefficient (Wildman–Crippen LogP) is 4.85. The fourth-order valence-corrected chi connectivity index (χ4v) is 5.32. The molecular weight excluding hydrogens is 294 g/mol. The van der Waals surface area contributed by atoms with E-state index in [0.29, 0.717) is 6.04 Å². The Labute approximate surface area is 136 Å². The molecule has 1 aliphatic rings. The third-order valence-corrected chi connectivity index (χ3v) is 6.51. The molecule has 2 aromatic rings. The Hall–Kier alpha value is -0.770. The van der Waals surface area contributed by atoms with Gasteiger partial charge in [0.1, 0.15) is 0 Å². The van der Waals surface area contributed by atoms with Gasteiger partial charge in [0.15, 0.2) is 0 Å². The van der Waals surface area contributed by atoms with Crippen molar-refractivity contribution in [1.82, 2.24) is 5.32 Å². The van der Waals surface area contributed by atoms with Crippen LogP contribution in [0.5, 0.6) is 0 Å². The van der Waals surface area contributed by atoms with Crippen molar-refractivity contribution in [3.63, 3.8) is 0 Å². The average Bonchev–Trinajstić information content (AvgIpc) is 2.91. The largest absolute Gasteiger partial charge is 0.306 e. The maximum Gasteiger partial charge on any atom is 0.0671 e. The molecule has 1 aromatic carbocycles. The van der Waals surface area contributed by atoms with E-state index in [4.69, 9.17) is 0 Å². The third kappa shape index (κ3) is 3.20. The van der Waals surface area contributed by atoms with Crippen LogP contribution in [0.1, 0.15) is 45.0 Å². The zero-order valence-electron chi connectivity index (χ0n) is 13.0. The molecule has 1 N–H and O–H groups in total. The van der Waals surface area contributed by atoms with Gasteiger partial charge in [0, 0.05) is 15.5 Å². The van der Waals surface area contributed by atoms with Crippen LogP contribution < -0.4 is 5.32 Å². The predicted molar refractivity (Wildman–Crippen MR) is 95.6 cm³/mol. The van der Waals surface area contributed by atoms with Gasteiger partial charge in [0.05, 0.1) is 6.04 Å². The molecule has 1 aromatic heterocycles. The summed E-state index contributed by atoms with van der Waals surface area (Å²) in [6, 6.07) is 9.65. The molecule has 3 heteroatoms. The summed E-state index contributed by atoms with van der Waals surface area (Å²) in [5, 5.41) is 3.67. The molecule has 1 atom stereocenters. The van der Waals surface area contributed by atoms with E-state index in [0.717, 1.165) is 6.54 Å². The van der Waals surface area contributed by atoms with Gasteiger partial charge in [0.2, 0.25) is 0 Å². The molecule has 0 radical (unpaired) electrons. The summed E-state index contributed by atoms with van der Waals surface area (Å²) in [7, 11) is 0. The van der Waals surface area contributed by atoms with E-state index in [9.17, 15) is 0 Å². The van der Waals surface area contributed by atoms with Crippen molar-refractivity contribution in [3.8, 4) is 0 Å². The highest BCUT2D eigenvalue weighted by Crippen LogP contribution is 2.36. The zero-order valence-corrected chi connectivity index (χ0v) is 14.7. The maximum atomic E-state index is 3.67. The molecule has 112 valence electrons. The van der Waals surface area contributed by atoms with E-state index in [1.54, 1.807) is 10.4 Å². The highest BCUT2D eigenvalue weighted by molar-refractivity contribution is 7.98. The van der Waals surface area contributed by atoms with E-state index in [2.05, 4.69) is 62.1 Å². The molecule has 1 nitrogen and oxygen atoms in total. The van der Waals surface area contributed by atoms with Gasteiger partial charge in [0.25, 0.3) is 0 Å². The quantitative estimate of drug-likeness (QED) is 0.865. The molecule has 0 amide bonds. The minimum atomic E-state index is 0.342. The van der Waals surface area contributed by atoms with Crippen molar-refractivity contribution in [2.75, 3.05) is 12.3 Å². The number of rotatable bonds is 4. The number of fused-ring (bicyclic) bond motifs is 1. The average molecular weight is 318 g/mol. The van der Waals surface area contributed by atoms with Crippen LogP contribution in [0, 0.1) is 13.8 Å². The Morgan fingerprint density at radius 1 is 1.19 bits per heavy atom. The summed E-state index contributed by atoms with van der Waals surface area (Å²) >= 11 is 4.07. The summed E-state index contributed by atoms with van der Waals surface area (Å²) < 4.78 is 0. The van der Waals surface area contributed by atoms with Gasteiger partial charge in [-0.1, -0.05) is 25.1 Å². The lowest BCUT2D eigenvalue weighted by Gasteiger charge is -2.18. The van der Waals surface area contributed by atoms with Crippen LogP contribution in [0.3, 0.4) is 0 Å². The first-order valence-electron chi connectivity index (χ1n) is 7.68. The Balaban J connectivity index is 1.96. The normalized spacial score (nSPS) is 15.8. The molecule has 2 heterocycles. The van der Waals surface area contributed by atoms with E-state index in [1.165, 1.54) is 39.5 Å². The Kier molecular flexibility index (Phi) is 4.72. The molecular formula is C18H23NS2. The zero-order chi connectivity index (χ0) is 14.8. The molecule has 0 aliphatic carbocycles. The monoisotopic (exact) mass is 317 g/mol. The Morgan fingerprint density at radius 3 is 2.76 bits per heavy atom. The van der Waals surface area contributed by atoms with Gasteiger partial charge in [-0.3, -0.25) is 0 Å². The van der Waals surface area contributed by atoms with Crippen molar-refractivity contribution in [2.45, 2.75) is 39.0 Å².